The van der Waals surface area contributed by atoms with Gasteiger partial charge in [-0.2, -0.15) is 0 Å². The molecule has 1 fully saturated rings. The lowest BCUT2D eigenvalue weighted by Crippen LogP contribution is -2.30. The Morgan fingerprint density at radius 1 is 1.30 bits per heavy atom. The van der Waals surface area contributed by atoms with Gasteiger partial charge in [-0.1, -0.05) is 36.4 Å². The van der Waals surface area contributed by atoms with E-state index >= 15 is 0 Å². The van der Waals surface area contributed by atoms with Gasteiger partial charge in [0.15, 0.2) is 0 Å². The van der Waals surface area contributed by atoms with Crippen molar-refractivity contribution < 1.29 is 4.79 Å². The number of fused-ring (bicyclic) bond motifs is 1. The summed E-state index contributed by atoms with van der Waals surface area (Å²) in [4.78, 5) is 29.7. The third kappa shape index (κ3) is 5.07. The minimum Gasteiger partial charge on any atom is -0.380 e. The first-order valence-electron chi connectivity index (χ1n) is 9.73. The fourth-order valence-corrected chi connectivity index (χ4v) is 3.43. The molecule has 6 nitrogen and oxygen atoms in total. The van der Waals surface area contributed by atoms with Crippen molar-refractivity contribution in [1.29, 1.82) is 0 Å². The molecule has 0 bridgehead atoms. The van der Waals surface area contributed by atoms with Crippen LogP contribution in [-0.2, 0) is 11.8 Å². The van der Waals surface area contributed by atoms with E-state index in [0.717, 1.165) is 29.2 Å². The predicted molar refractivity (Wildman–Crippen MR) is 122 cm³/mol. The molecule has 0 saturated carbocycles. The van der Waals surface area contributed by atoms with Crippen LogP contribution >= 0.6 is 11.6 Å². The highest BCUT2D eigenvalue weighted by molar-refractivity contribution is 6.31. The summed E-state index contributed by atoms with van der Waals surface area (Å²) in [5.41, 5.74) is 2.62. The van der Waals surface area contributed by atoms with E-state index in [2.05, 4.69) is 16.9 Å². The maximum Gasteiger partial charge on any atom is 0.260 e. The number of aryl methyl sites for hydroxylation is 2. The van der Waals surface area contributed by atoms with Crippen molar-refractivity contribution in [3.8, 4) is 0 Å². The van der Waals surface area contributed by atoms with Gasteiger partial charge in [-0.05, 0) is 49.2 Å². The molecule has 0 radical (unpaired) electrons. The van der Waals surface area contributed by atoms with Gasteiger partial charge in [0.2, 0.25) is 5.91 Å². The molecular weight excluding hydrogens is 400 g/mol. The van der Waals surface area contributed by atoms with Crippen LogP contribution in [0.4, 0.5) is 5.69 Å². The van der Waals surface area contributed by atoms with Gasteiger partial charge >= 0.3 is 0 Å². The normalized spacial score (nSPS) is 15.4. The zero-order chi connectivity index (χ0) is 21.7. The predicted octanol–water partition coefficient (Wildman–Crippen LogP) is 3.78. The summed E-state index contributed by atoms with van der Waals surface area (Å²) in [6.07, 6.45) is 3.74. The van der Waals surface area contributed by atoms with Crippen LogP contribution in [0.2, 0.25) is 5.02 Å². The molecule has 2 aromatic carbocycles. The van der Waals surface area contributed by atoms with E-state index in [9.17, 15) is 9.59 Å². The van der Waals surface area contributed by atoms with Gasteiger partial charge in [-0.25, -0.2) is 4.98 Å². The SMILES string of the molecule is C=CC(=O)N1CCC(Nc2ccc3ncn(C)c(=O)c3c2)C1.Cc1ccccc1Cl. The Morgan fingerprint density at radius 2 is 2.07 bits per heavy atom. The van der Waals surface area contributed by atoms with Gasteiger partial charge in [-0.3, -0.25) is 9.59 Å². The largest absolute Gasteiger partial charge is 0.380 e. The highest BCUT2D eigenvalue weighted by Gasteiger charge is 2.24. The maximum atomic E-state index is 12.1. The van der Waals surface area contributed by atoms with Crippen LogP contribution in [0.15, 0.2) is 66.2 Å². The molecule has 1 N–H and O–H groups in total. The van der Waals surface area contributed by atoms with E-state index in [0.29, 0.717) is 17.4 Å². The fourth-order valence-electron chi connectivity index (χ4n) is 3.29. The number of amides is 1. The number of nitrogens with one attached hydrogen (secondary N) is 1. The van der Waals surface area contributed by atoms with Crippen molar-refractivity contribution in [2.75, 3.05) is 18.4 Å². The molecule has 0 spiro atoms. The summed E-state index contributed by atoms with van der Waals surface area (Å²) >= 11 is 5.71. The number of rotatable bonds is 3. The molecule has 1 aliphatic heterocycles. The fraction of sp³-hybridized carbons (Fsp3) is 0.261. The number of aromatic nitrogens is 2. The second kappa shape index (κ2) is 9.59. The van der Waals surface area contributed by atoms with Gasteiger partial charge in [-0.15, -0.1) is 0 Å². The summed E-state index contributed by atoms with van der Waals surface area (Å²) in [6, 6.07) is 13.5. The molecule has 4 rings (SSSR count). The summed E-state index contributed by atoms with van der Waals surface area (Å²) in [6.45, 7) is 6.87. The summed E-state index contributed by atoms with van der Waals surface area (Å²) in [5, 5.41) is 4.81. The van der Waals surface area contributed by atoms with Gasteiger partial charge in [0, 0.05) is 36.9 Å². The Kier molecular flexibility index (Phi) is 6.90. The molecular formula is C23H25ClN4O2. The average Bonchev–Trinajstić information content (AvgIpc) is 3.22. The third-order valence-electron chi connectivity index (χ3n) is 5.04. The summed E-state index contributed by atoms with van der Waals surface area (Å²) in [5.74, 6) is -0.0409. The van der Waals surface area contributed by atoms with Crippen LogP contribution in [0, 0.1) is 6.92 Å². The number of nitrogens with zero attached hydrogens (tertiary/aromatic N) is 3. The molecule has 1 atom stereocenters. The van der Waals surface area contributed by atoms with Crippen LogP contribution in [0.3, 0.4) is 0 Å². The van der Waals surface area contributed by atoms with Gasteiger partial charge < -0.3 is 14.8 Å². The quantitative estimate of drug-likeness (QED) is 0.650. The van der Waals surface area contributed by atoms with E-state index in [1.54, 1.807) is 11.9 Å². The molecule has 1 saturated heterocycles. The number of likely N-dealkylation sites (tertiary alicyclic amines) is 1. The van der Waals surface area contributed by atoms with Gasteiger partial charge in [0.1, 0.15) is 0 Å². The van der Waals surface area contributed by atoms with Crippen LogP contribution in [-0.4, -0.2) is 39.5 Å². The van der Waals surface area contributed by atoms with Crippen LogP contribution < -0.4 is 10.9 Å². The highest BCUT2D eigenvalue weighted by atomic mass is 35.5. The lowest BCUT2D eigenvalue weighted by Gasteiger charge is -2.16. The van der Waals surface area contributed by atoms with Crippen molar-refractivity contribution in [2.45, 2.75) is 19.4 Å². The highest BCUT2D eigenvalue weighted by Crippen LogP contribution is 2.19. The number of carbonyl (C=O) groups excluding carboxylic acids is 1. The molecule has 7 heteroatoms. The zero-order valence-corrected chi connectivity index (χ0v) is 17.9. The van der Waals surface area contributed by atoms with Crippen molar-refractivity contribution in [3.05, 3.63) is 82.4 Å². The van der Waals surface area contributed by atoms with Crippen LogP contribution in [0.5, 0.6) is 0 Å². The summed E-state index contributed by atoms with van der Waals surface area (Å²) < 4.78 is 1.46. The summed E-state index contributed by atoms with van der Waals surface area (Å²) in [7, 11) is 1.69. The molecule has 1 aliphatic rings. The zero-order valence-electron chi connectivity index (χ0n) is 17.1. The van der Waals surface area contributed by atoms with E-state index in [1.807, 2.05) is 49.4 Å². The van der Waals surface area contributed by atoms with Crippen LogP contribution in [0.25, 0.3) is 10.9 Å². The van der Waals surface area contributed by atoms with Gasteiger partial charge in [0.05, 0.1) is 17.2 Å². The second-order valence-electron chi connectivity index (χ2n) is 7.26. The Labute approximate surface area is 180 Å². The lowest BCUT2D eigenvalue weighted by molar-refractivity contribution is -0.125. The number of hydrogen-bond donors (Lipinski definition) is 1. The lowest BCUT2D eigenvalue weighted by atomic mass is 10.2. The second-order valence-corrected chi connectivity index (χ2v) is 7.67. The molecule has 1 amide bonds. The first-order chi connectivity index (χ1) is 14.4. The number of anilines is 1. The molecule has 1 unspecified atom stereocenters. The number of halogens is 1. The standard InChI is InChI=1S/C16H18N4O2.C7H7Cl/c1-3-15(21)20-7-6-12(9-20)18-11-4-5-14-13(8-11)16(22)19(2)10-17-14;1-6-4-2-3-5-7(6)8/h3-5,8,10,12,18H,1,6-7,9H2,2H3;2-5H,1H3. The number of benzene rings is 2. The Hall–Kier alpha value is -3.12. The van der Waals surface area contributed by atoms with E-state index < -0.39 is 0 Å². The minimum atomic E-state index is -0.0662. The molecule has 1 aromatic heterocycles. The number of hydrogen-bond acceptors (Lipinski definition) is 4. The van der Waals surface area contributed by atoms with Crippen molar-refractivity contribution in [1.82, 2.24) is 14.5 Å². The van der Waals surface area contributed by atoms with Crippen molar-refractivity contribution in [2.24, 2.45) is 7.05 Å². The third-order valence-corrected chi connectivity index (χ3v) is 5.46. The monoisotopic (exact) mass is 424 g/mol. The molecule has 2 heterocycles. The molecule has 0 aliphatic carbocycles. The van der Waals surface area contributed by atoms with Gasteiger partial charge in [0.25, 0.3) is 5.56 Å². The van der Waals surface area contributed by atoms with Crippen LogP contribution in [0.1, 0.15) is 12.0 Å². The topological polar surface area (TPSA) is 67.2 Å². The smallest absolute Gasteiger partial charge is 0.260 e. The average molecular weight is 425 g/mol. The molecule has 156 valence electrons. The minimum absolute atomic E-state index is 0.0409. The molecule has 3 aromatic rings. The molecule has 30 heavy (non-hydrogen) atoms. The first-order valence-corrected chi connectivity index (χ1v) is 10.1. The Morgan fingerprint density at radius 3 is 2.73 bits per heavy atom. The number of carbonyl (C=O) groups is 1. The first kappa shape index (κ1) is 21.6. The van der Waals surface area contributed by atoms with Crippen molar-refractivity contribution >= 4 is 34.1 Å². The maximum absolute atomic E-state index is 12.1. The van der Waals surface area contributed by atoms with E-state index in [1.165, 1.54) is 17.0 Å². The van der Waals surface area contributed by atoms with E-state index in [-0.39, 0.29) is 17.5 Å². The van der Waals surface area contributed by atoms with E-state index in [4.69, 9.17) is 11.6 Å². The Bertz CT molecular complexity index is 1100. The van der Waals surface area contributed by atoms with Crippen molar-refractivity contribution in [3.63, 3.8) is 0 Å². The Balaban J connectivity index is 0.000000269.